The molecule has 1 aromatic carbocycles. The molecule has 2 N–H and O–H groups in total. The SMILES string of the molecule is CCNC(=NCC(C)(C)c1ccccc1)NC1CC=CC1.I. The van der Waals surface area contributed by atoms with Gasteiger partial charge in [0.15, 0.2) is 5.96 Å². The van der Waals surface area contributed by atoms with Gasteiger partial charge in [0.05, 0.1) is 6.54 Å². The number of halogens is 1. The molecule has 0 aliphatic heterocycles. The topological polar surface area (TPSA) is 36.4 Å². The smallest absolute Gasteiger partial charge is 0.191 e. The molecule has 122 valence electrons. The van der Waals surface area contributed by atoms with Gasteiger partial charge in [-0.05, 0) is 25.3 Å². The zero-order valence-corrected chi connectivity index (χ0v) is 16.1. The Morgan fingerprint density at radius 3 is 2.41 bits per heavy atom. The average molecular weight is 413 g/mol. The minimum atomic E-state index is 0. The van der Waals surface area contributed by atoms with Crippen molar-refractivity contribution in [1.82, 2.24) is 10.6 Å². The van der Waals surface area contributed by atoms with Gasteiger partial charge >= 0.3 is 0 Å². The lowest BCUT2D eigenvalue weighted by Gasteiger charge is -2.24. The number of guanidine groups is 1. The summed E-state index contributed by atoms with van der Waals surface area (Å²) in [5.41, 5.74) is 1.37. The molecule has 0 spiro atoms. The van der Waals surface area contributed by atoms with E-state index in [2.05, 4.69) is 73.9 Å². The predicted octanol–water partition coefficient (Wildman–Crippen LogP) is 3.86. The molecule has 1 aromatic rings. The van der Waals surface area contributed by atoms with E-state index in [4.69, 9.17) is 4.99 Å². The Hall–Kier alpha value is -1.04. The standard InChI is InChI=1S/C18H27N3.HI/c1-4-19-17(21-16-12-8-9-13-16)20-14-18(2,3)15-10-6-5-7-11-15;/h5-11,16H,4,12-14H2,1-3H3,(H2,19,20,21);1H. The van der Waals surface area contributed by atoms with Crippen molar-refractivity contribution in [3.63, 3.8) is 0 Å². The highest BCUT2D eigenvalue weighted by molar-refractivity contribution is 14.0. The number of nitrogens with zero attached hydrogens (tertiary/aromatic N) is 1. The van der Waals surface area contributed by atoms with E-state index >= 15 is 0 Å². The Morgan fingerprint density at radius 1 is 1.18 bits per heavy atom. The maximum atomic E-state index is 4.79. The summed E-state index contributed by atoms with van der Waals surface area (Å²) in [6, 6.07) is 11.1. The molecule has 0 fully saturated rings. The number of hydrogen-bond donors (Lipinski definition) is 2. The Morgan fingerprint density at radius 2 is 1.82 bits per heavy atom. The van der Waals surface area contributed by atoms with Crippen LogP contribution in [0, 0.1) is 0 Å². The summed E-state index contributed by atoms with van der Waals surface area (Å²) in [7, 11) is 0. The Labute approximate surface area is 151 Å². The van der Waals surface area contributed by atoms with Gasteiger partial charge in [0.1, 0.15) is 0 Å². The number of nitrogens with one attached hydrogen (secondary N) is 2. The van der Waals surface area contributed by atoms with Crippen molar-refractivity contribution in [2.75, 3.05) is 13.1 Å². The summed E-state index contributed by atoms with van der Waals surface area (Å²) in [4.78, 5) is 4.79. The fourth-order valence-electron chi connectivity index (χ4n) is 2.51. The van der Waals surface area contributed by atoms with Gasteiger partial charge in [0, 0.05) is 18.0 Å². The van der Waals surface area contributed by atoms with E-state index in [1.807, 2.05) is 0 Å². The van der Waals surface area contributed by atoms with E-state index in [1.54, 1.807) is 0 Å². The van der Waals surface area contributed by atoms with E-state index in [-0.39, 0.29) is 29.4 Å². The van der Waals surface area contributed by atoms with Crippen LogP contribution in [-0.4, -0.2) is 25.1 Å². The maximum absolute atomic E-state index is 4.79. The summed E-state index contributed by atoms with van der Waals surface area (Å²) in [5, 5.41) is 6.86. The monoisotopic (exact) mass is 413 g/mol. The lowest BCUT2D eigenvalue weighted by atomic mass is 9.85. The van der Waals surface area contributed by atoms with E-state index in [1.165, 1.54) is 5.56 Å². The van der Waals surface area contributed by atoms with Gasteiger partial charge in [0.2, 0.25) is 0 Å². The molecule has 0 heterocycles. The van der Waals surface area contributed by atoms with Crippen LogP contribution < -0.4 is 10.6 Å². The first-order chi connectivity index (χ1) is 10.1. The van der Waals surface area contributed by atoms with Gasteiger partial charge in [0.25, 0.3) is 0 Å². The van der Waals surface area contributed by atoms with Crippen molar-refractivity contribution in [1.29, 1.82) is 0 Å². The van der Waals surface area contributed by atoms with Gasteiger partial charge in [-0.1, -0.05) is 56.3 Å². The maximum Gasteiger partial charge on any atom is 0.191 e. The highest BCUT2D eigenvalue weighted by Crippen LogP contribution is 2.23. The number of rotatable bonds is 5. The molecule has 0 radical (unpaired) electrons. The molecular weight excluding hydrogens is 385 g/mol. The van der Waals surface area contributed by atoms with Crippen molar-refractivity contribution in [3.05, 3.63) is 48.0 Å². The molecule has 22 heavy (non-hydrogen) atoms. The number of benzene rings is 1. The molecule has 0 unspecified atom stereocenters. The first-order valence-corrected chi connectivity index (χ1v) is 7.87. The van der Waals surface area contributed by atoms with E-state index in [9.17, 15) is 0 Å². The molecular formula is C18H28IN3. The molecule has 4 heteroatoms. The molecule has 1 aliphatic rings. The number of aliphatic imine (C=N–C) groups is 1. The van der Waals surface area contributed by atoms with Crippen LogP contribution in [0.5, 0.6) is 0 Å². The van der Waals surface area contributed by atoms with Crippen LogP contribution in [0.25, 0.3) is 0 Å². The second-order valence-corrected chi connectivity index (χ2v) is 6.23. The molecule has 0 saturated heterocycles. The fraction of sp³-hybridized carbons (Fsp3) is 0.500. The first-order valence-electron chi connectivity index (χ1n) is 7.87. The summed E-state index contributed by atoms with van der Waals surface area (Å²) in [6.07, 6.45) is 6.64. The van der Waals surface area contributed by atoms with Crippen molar-refractivity contribution in [2.24, 2.45) is 4.99 Å². The van der Waals surface area contributed by atoms with Crippen LogP contribution in [-0.2, 0) is 5.41 Å². The molecule has 1 aliphatic carbocycles. The number of hydrogen-bond acceptors (Lipinski definition) is 1. The first kappa shape index (κ1) is 19.0. The minimum absolute atomic E-state index is 0. The second kappa shape index (κ2) is 9.18. The summed E-state index contributed by atoms with van der Waals surface area (Å²) in [6.45, 7) is 8.25. The van der Waals surface area contributed by atoms with Crippen LogP contribution in [0.15, 0.2) is 47.5 Å². The highest BCUT2D eigenvalue weighted by Gasteiger charge is 2.20. The van der Waals surface area contributed by atoms with Gasteiger partial charge in [-0.2, -0.15) is 0 Å². The third kappa shape index (κ3) is 5.63. The lowest BCUT2D eigenvalue weighted by molar-refractivity contribution is 0.534. The third-order valence-electron chi connectivity index (χ3n) is 3.88. The van der Waals surface area contributed by atoms with E-state index in [0.717, 1.165) is 31.9 Å². The zero-order valence-electron chi connectivity index (χ0n) is 13.8. The van der Waals surface area contributed by atoms with Crippen molar-refractivity contribution in [3.8, 4) is 0 Å². The van der Waals surface area contributed by atoms with Crippen LogP contribution in [0.3, 0.4) is 0 Å². The molecule has 0 amide bonds. The highest BCUT2D eigenvalue weighted by atomic mass is 127. The van der Waals surface area contributed by atoms with Gasteiger partial charge in [-0.3, -0.25) is 4.99 Å². The van der Waals surface area contributed by atoms with Crippen molar-refractivity contribution < 1.29 is 0 Å². The minimum Gasteiger partial charge on any atom is -0.357 e. The zero-order chi connectivity index (χ0) is 15.1. The van der Waals surface area contributed by atoms with E-state index in [0.29, 0.717) is 6.04 Å². The Kier molecular flexibility index (Phi) is 7.93. The molecule has 2 rings (SSSR count). The Bertz CT molecular complexity index is 486. The van der Waals surface area contributed by atoms with Gasteiger partial charge < -0.3 is 10.6 Å². The van der Waals surface area contributed by atoms with Crippen LogP contribution in [0.4, 0.5) is 0 Å². The largest absolute Gasteiger partial charge is 0.357 e. The lowest BCUT2D eigenvalue weighted by Crippen LogP contribution is -2.43. The van der Waals surface area contributed by atoms with Crippen molar-refractivity contribution in [2.45, 2.75) is 45.1 Å². The quantitative estimate of drug-likeness (QED) is 0.333. The third-order valence-corrected chi connectivity index (χ3v) is 3.88. The van der Waals surface area contributed by atoms with Crippen LogP contribution >= 0.6 is 24.0 Å². The Balaban J connectivity index is 0.00000242. The molecule has 3 nitrogen and oxygen atoms in total. The average Bonchev–Trinajstić information content (AvgIpc) is 2.99. The molecule has 0 bridgehead atoms. The van der Waals surface area contributed by atoms with Gasteiger partial charge in [-0.15, -0.1) is 24.0 Å². The van der Waals surface area contributed by atoms with Crippen LogP contribution in [0.2, 0.25) is 0 Å². The summed E-state index contributed by atoms with van der Waals surface area (Å²) in [5.74, 6) is 0.926. The summed E-state index contributed by atoms with van der Waals surface area (Å²) >= 11 is 0. The molecule has 0 atom stereocenters. The molecule has 0 saturated carbocycles. The van der Waals surface area contributed by atoms with Crippen LogP contribution in [0.1, 0.15) is 39.2 Å². The normalized spacial score (nSPS) is 15.5. The van der Waals surface area contributed by atoms with Crippen molar-refractivity contribution >= 4 is 29.9 Å². The second-order valence-electron chi connectivity index (χ2n) is 6.23. The van der Waals surface area contributed by atoms with E-state index < -0.39 is 0 Å². The predicted molar refractivity (Wildman–Crippen MR) is 106 cm³/mol. The summed E-state index contributed by atoms with van der Waals surface area (Å²) < 4.78 is 0. The van der Waals surface area contributed by atoms with Gasteiger partial charge in [-0.25, -0.2) is 0 Å². The fourth-order valence-corrected chi connectivity index (χ4v) is 2.51. The molecule has 0 aromatic heterocycles.